The van der Waals surface area contributed by atoms with E-state index < -0.39 is 11.7 Å². The van der Waals surface area contributed by atoms with Crippen LogP contribution in [-0.2, 0) is 6.18 Å². The first-order chi connectivity index (χ1) is 9.88. The van der Waals surface area contributed by atoms with E-state index in [1.54, 1.807) is 6.07 Å². The van der Waals surface area contributed by atoms with Gasteiger partial charge in [0.1, 0.15) is 0 Å². The Hall–Kier alpha value is -1.07. The molecule has 0 aliphatic carbocycles. The highest BCUT2D eigenvalue weighted by molar-refractivity contribution is 5.27. The molecule has 1 aliphatic rings. The molecule has 2 rings (SSSR count). The Morgan fingerprint density at radius 3 is 2.48 bits per heavy atom. The van der Waals surface area contributed by atoms with Crippen molar-refractivity contribution in [1.29, 1.82) is 0 Å². The molecule has 1 aromatic rings. The lowest BCUT2D eigenvalue weighted by molar-refractivity contribution is -0.137. The van der Waals surface area contributed by atoms with E-state index in [1.165, 1.54) is 25.0 Å². The smallest absolute Gasteiger partial charge is 0.309 e. The third kappa shape index (κ3) is 4.45. The largest absolute Gasteiger partial charge is 0.416 e. The second-order valence-corrected chi connectivity index (χ2v) is 5.85. The summed E-state index contributed by atoms with van der Waals surface area (Å²) in [6.07, 6.45) is -1.79. The van der Waals surface area contributed by atoms with Crippen LogP contribution in [0, 0.1) is 0 Å². The summed E-state index contributed by atoms with van der Waals surface area (Å²) < 4.78 is 38.2. The Morgan fingerprint density at radius 1 is 1.19 bits per heavy atom. The van der Waals surface area contributed by atoms with Gasteiger partial charge in [0.15, 0.2) is 0 Å². The van der Waals surface area contributed by atoms with Gasteiger partial charge in [-0.1, -0.05) is 12.1 Å². The standard InChI is InChI=1S/C16H23F3N2/c1-12(21-8-3-4-9-21)11-20-13(2)14-6-5-7-15(10-14)16(17,18)19/h5-7,10,12-13,20H,3-4,8-9,11H2,1-2H3. The van der Waals surface area contributed by atoms with E-state index in [0.717, 1.165) is 25.7 Å². The minimum Gasteiger partial charge on any atom is -0.309 e. The van der Waals surface area contributed by atoms with Crippen LogP contribution in [0.1, 0.15) is 43.9 Å². The predicted molar refractivity (Wildman–Crippen MR) is 78.1 cm³/mol. The summed E-state index contributed by atoms with van der Waals surface area (Å²) in [5.74, 6) is 0. The highest BCUT2D eigenvalue weighted by Crippen LogP contribution is 2.30. The number of hydrogen-bond donors (Lipinski definition) is 1. The van der Waals surface area contributed by atoms with Crippen molar-refractivity contribution in [3.8, 4) is 0 Å². The summed E-state index contributed by atoms with van der Waals surface area (Å²) in [6, 6.07) is 5.90. The van der Waals surface area contributed by atoms with Gasteiger partial charge in [0.05, 0.1) is 5.56 Å². The lowest BCUT2D eigenvalue weighted by atomic mass is 10.0. The van der Waals surface area contributed by atoms with Gasteiger partial charge >= 0.3 is 6.18 Å². The van der Waals surface area contributed by atoms with Crippen LogP contribution in [0.3, 0.4) is 0 Å². The summed E-state index contributed by atoms with van der Waals surface area (Å²) in [4.78, 5) is 2.42. The zero-order valence-electron chi connectivity index (χ0n) is 12.6. The average molecular weight is 300 g/mol. The normalized spacial score (nSPS) is 19.7. The van der Waals surface area contributed by atoms with E-state index >= 15 is 0 Å². The molecule has 1 aliphatic heterocycles. The number of benzene rings is 1. The molecular formula is C16H23F3N2. The van der Waals surface area contributed by atoms with Gasteiger partial charge in [-0.2, -0.15) is 13.2 Å². The van der Waals surface area contributed by atoms with Gasteiger partial charge in [-0.3, -0.25) is 4.90 Å². The maximum atomic E-state index is 12.7. The van der Waals surface area contributed by atoms with Crippen LogP contribution in [0.2, 0.25) is 0 Å². The summed E-state index contributed by atoms with van der Waals surface area (Å²) in [6.45, 7) is 7.11. The van der Waals surface area contributed by atoms with Crippen LogP contribution < -0.4 is 5.32 Å². The molecule has 0 saturated carbocycles. The molecule has 1 fully saturated rings. The first-order valence-corrected chi connectivity index (χ1v) is 7.52. The highest BCUT2D eigenvalue weighted by atomic mass is 19.4. The summed E-state index contributed by atoms with van der Waals surface area (Å²) in [5, 5.41) is 3.35. The molecule has 0 aromatic heterocycles. The number of rotatable bonds is 5. The van der Waals surface area contributed by atoms with Crippen molar-refractivity contribution in [2.45, 2.75) is 44.9 Å². The fourth-order valence-corrected chi connectivity index (χ4v) is 2.76. The lowest BCUT2D eigenvalue weighted by Crippen LogP contribution is -2.39. The average Bonchev–Trinajstić information content (AvgIpc) is 2.98. The molecule has 0 spiro atoms. The number of alkyl halides is 3. The fraction of sp³-hybridized carbons (Fsp3) is 0.625. The maximum Gasteiger partial charge on any atom is 0.416 e. The third-order valence-electron chi connectivity index (χ3n) is 4.20. The van der Waals surface area contributed by atoms with Crippen LogP contribution in [-0.4, -0.2) is 30.6 Å². The molecule has 1 aromatic carbocycles. The van der Waals surface area contributed by atoms with Gasteiger partial charge in [0.25, 0.3) is 0 Å². The molecule has 2 atom stereocenters. The van der Waals surface area contributed by atoms with E-state index in [2.05, 4.69) is 17.1 Å². The molecule has 1 N–H and O–H groups in total. The van der Waals surface area contributed by atoms with Crippen LogP contribution in [0.5, 0.6) is 0 Å². The van der Waals surface area contributed by atoms with E-state index in [4.69, 9.17) is 0 Å². The molecule has 0 radical (unpaired) electrons. The summed E-state index contributed by atoms with van der Waals surface area (Å²) >= 11 is 0. The Morgan fingerprint density at radius 2 is 1.86 bits per heavy atom. The monoisotopic (exact) mass is 300 g/mol. The van der Waals surface area contributed by atoms with Crippen molar-refractivity contribution in [1.82, 2.24) is 10.2 Å². The number of likely N-dealkylation sites (tertiary alicyclic amines) is 1. The molecule has 5 heteroatoms. The summed E-state index contributed by atoms with van der Waals surface area (Å²) in [7, 11) is 0. The van der Waals surface area contributed by atoms with E-state index in [-0.39, 0.29) is 6.04 Å². The molecule has 0 bridgehead atoms. The number of halogens is 3. The van der Waals surface area contributed by atoms with E-state index in [0.29, 0.717) is 11.6 Å². The molecule has 118 valence electrons. The van der Waals surface area contributed by atoms with Crippen LogP contribution in [0.25, 0.3) is 0 Å². The lowest BCUT2D eigenvalue weighted by Gasteiger charge is -2.26. The van der Waals surface area contributed by atoms with Crippen molar-refractivity contribution in [2.75, 3.05) is 19.6 Å². The van der Waals surface area contributed by atoms with Gasteiger partial charge in [0, 0.05) is 18.6 Å². The predicted octanol–water partition coefficient (Wildman–Crippen LogP) is 3.84. The van der Waals surface area contributed by atoms with Gasteiger partial charge in [-0.05, 0) is 57.5 Å². The van der Waals surface area contributed by atoms with Crippen molar-refractivity contribution >= 4 is 0 Å². The maximum absolute atomic E-state index is 12.7. The first kappa shape index (κ1) is 16.3. The molecular weight excluding hydrogens is 277 g/mol. The second-order valence-electron chi connectivity index (χ2n) is 5.85. The van der Waals surface area contributed by atoms with E-state index in [1.807, 2.05) is 6.92 Å². The topological polar surface area (TPSA) is 15.3 Å². The van der Waals surface area contributed by atoms with Crippen LogP contribution in [0.15, 0.2) is 24.3 Å². The van der Waals surface area contributed by atoms with Gasteiger partial charge in [-0.25, -0.2) is 0 Å². The number of hydrogen-bond acceptors (Lipinski definition) is 2. The van der Waals surface area contributed by atoms with Crippen molar-refractivity contribution in [3.05, 3.63) is 35.4 Å². The van der Waals surface area contributed by atoms with Gasteiger partial charge in [-0.15, -0.1) is 0 Å². The minimum absolute atomic E-state index is 0.0858. The molecule has 0 amide bonds. The number of nitrogens with one attached hydrogen (secondary N) is 1. The molecule has 2 unspecified atom stereocenters. The Balaban J connectivity index is 1.92. The zero-order valence-corrected chi connectivity index (χ0v) is 12.6. The quantitative estimate of drug-likeness (QED) is 0.889. The van der Waals surface area contributed by atoms with Crippen molar-refractivity contribution in [2.24, 2.45) is 0 Å². The molecule has 1 heterocycles. The van der Waals surface area contributed by atoms with Crippen LogP contribution >= 0.6 is 0 Å². The Kier molecular flexibility index (Phi) is 5.27. The number of nitrogens with zero attached hydrogens (tertiary/aromatic N) is 1. The highest BCUT2D eigenvalue weighted by Gasteiger charge is 2.30. The molecule has 1 saturated heterocycles. The Labute approximate surface area is 124 Å². The molecule has 2 nitrogen and oxygen atoms in total. The fourth-order valence-electron chi connectivity index (χ4n) is 2.76. The Bertz CT molecular complexity index is 453. The van der Waals surface area contributed by atoms with E-state index in [9.17, 15) is 13.2 Å². The first-order valence-electron chi connectivity index (χ1n) is 7.52. The second kappa shape index (κ2) is 6.79. The van der Waals surface area contributed by atoms with Gasteiger partial charge < -0.3 is 5.32 Å². The SMILES string of the molecule is CC(NCC(C)N1CCCC1)c1cccc(C(F)(F)F)c1. The minimum atomic E-state index is -4.28. The summed E-state index contributed by atoms with van der Waals surface area (Å²) in [5.41, 5.74) is 0.0969. The van der Waals surface area contributed by atoms with Crippen molar-refractivity contribution < 1.29 is 13.2 Å². The van der Waals surface area contributed by atoms with Gasteiger partial charge in [0.2, 0.25) is 0 Å². The third-order valence-corrected chi connectivity index (χ3v) is 4.20. The molecule has 21 heavy (non-hydrogen) atoms. The van der Waals surface area contributed by atoms with Crippen molar-refractivity contribution in [3.63, 3.8) is 0 Å². The zero-order chi connectivity index (χ0) is 15.5. The van der Waals surface area contributed by atoms with Crippen LogP contribution in [0.4, 0.5) is 13.2 Å².